The molecule has 160 valence electrons. The van der Waals surface area contributed by atoms with Gasteiger partial charge < -0.3 is 9.32 Å². The highest BCUT2D eigenvalue weighted by Crippen LogP contribution is 2.20. The second-order valence-electron chi connectivity index (χ2n) is 7.45. The summed E-state index contributed by atoms with van der Waals surface area (Å²) in [5.41, 5.74) is 0.647. The van der Waals surface area contributed by atoms with Crippen LogP contribution in [0.4, 0.5) is 4.79 Å². The zero-order valence-corrected chi connectivity index (χ0v) is 17.3. The first-order valence-electron chi connectivity index (χ1n) is 10.1. The van der Waals surface area contributed by atoms with Gasteiger partial charge in [-0.25, -0.2) is 9.59 Å². The van der Waals surface area contributed by atoms with Crippen LogP contribution in [0.2, 0.25) is 0 Å². The summed E-state index contributed by atoms with van der Waals surface area (Å²) in [5, 5.41) is 13.5. The van der Waals surface area contributed by atoms with Gasteiger partial charge in [-0.2, -0.15) is 5.26 Å². The largest absolute Gasteiger partial charge is 0.436 e. The molecule has 1 aliphatic heterocycles. The first-order chi connectivity index (χ1) is 15.5. The minimum atomic E-state index is -0.824. The van der Waals surface area contributed by atoms with Crippen LogP contribution in [0.25, 0.3) is 11.0 Å². The number of fused-ring (bicyclic) bond motifs is 1. The van der Waals surface area contributed by atoms with E-state index in [0.717, 1.165) is 18.4 Å². The van der Waals surface area contributed by atoms with E-state index in [4.69, 9.17) is 9.25 Å². The molecule has 1 fully saturated rings. The van der Waals surface area contributed by atoms with E-state index in [-0.39, 0.29) is 22.6 Å². The third-order valence-electron chi connectivity index (χ3n) is 5.33. The van der Waals surface area contributed by atoms with E-state index in [2.05, 4.69) is 5.16 Å². The van der Waals surface area contributed by atoms with Crippen LogP contribution in [-0.2, 0) is 4.84 Å². The highest BCUT2D eigenvalue weighted by Gasteiger charge is 2.21. The Kier molecular flexibility index (Phi) is 5.81. The zero-order chi connectivity index (χ0) is 22.7. The molecule has 3 aromatic rings. The molecule has 0 saturated carbocycles. The molecule has 32 heavy (non-hydrogen) atoms. The Hall–Kier alpha value is -4.25. The quantitative estimate of drug-likeness (QED) is 0.205. The molecule has 1 aromatic heterocycles. The van der Waals surface area contributed by atoms with Gasteiger partial charge in [-0.05, 0) is 37.5 Å². The van der Waals surface area contributed by atoms with Crippen molar-refractivity contribution < 1.29 is 18.8 Å². The van der Waals surface area contributed by atoms with E-state index >= 15 is 0 Å². The maximum Gasteiger partial charge on any atom is 0.436 e. The third-order valence-corrected chi connectivity index (χ3v) is 5.33. The second-order valence-corrected chi connectivity index (χ2v) is 7.45. The van der Waals surface area contributed by atoms with Gasteiger partial charge in [0.25, 0.3) is 0 Å². The SMILES string of the molecule is Cc1ccccc1C(=O)c1ccc2cc(/C(C#N)=N/OC(=O)N3CCCC3)c(=O)oc2c1. The molecule has 0 bridgehead atoms. The van der Waals surface area contributed by atoms with Gasteiger partial charge in [0.2, 0.25) is 0 Å². The molecule has 0 spiro atoms. The molecule has 2 heterocycles. The van der Waals surface area contributed by atoms with Gasteiger partial charge >= 0.3 is 11.7 Å². The molecule has 0 N–H and O–H groups in total. The highest BCUT2D eigenvalue weighted by atomic mass is 16.7. The van der Waals surface area contributed by atoms with Gasteiger partial charge in [-0.3, -0.25) is 9.63 Å². The summed E-state index contributed by atoms with van der Waals surface area (Å²) in [6.07, 6.45) is 1.10. The van der Waals surface area contributed by atoms with E-state index in [0.29, 0.717) is 29.6 Å². The third kappa shape index (κ3) is 4.14. The lowest BCUT2D eigenvalue weighted by atomic mass is 9.98. The van der Waals surface area contributed by atoms with Crippen molar-refractivity contribution in [3.8, 4) is 6.07 Å². The molecule has 1 saturated heterocycles. The molecule has 0 unspecified atom stereocenters. The number of likely N-dealkylation sites (tertiary alicyclic amines) is 1. The molecule has 2 aromatic carbocycles. The van der Waals surface area contributed by atoms with Gasteiger partial charge in [0.05, 0.1) is 0 Å². The van der Waals surface area contributed by atoms with Crippen LogP contribution in [0.15, 0.2) is 62.9 Å². The Labute approximate surface area is 183 Å². The summed E-state index contributed by atoms with van der Waals surface area (Å²) in [6, 6.07) is 15.2. The van der Waals surface area contributed by atoms with Crippen LogP contribution in [0, 0.1) is 18.3 Å². The minimum absolute atomic E-state index is 0.132. The number of benzene rings is 2. The van der Waals surface area contributed by atoms with Gasteiger partial charge in [0.1, 0.15) is 17.2 Å². The van der Waals surface area contributed by atoms with Crippen LogP contribution in [0.3, 0.4) is 0 Å². The lowest BCUT2D eigenvalue weighted by molar-refractivity contribution is 0.103. The molecule has 1 amide bonds. The number of carbonyl (C=O) groups is 2. The smallest absolute Gasteiger partial charge is 0.422 e. The van der Waals surface area contributed by atoms with Crippen LogP contribution in [-0.4, -0.2) is 35.6 Å². The van der Waals surface area contributed by atoms with E-state index in [9.17, 15) is 19.6 Å². The van der Waals surface area contributed by atoms with Crippen LogP contribution in [0.5, 0.6) is 0 Å². The Morgan fingerprint density at radius 2 is 1.84 bits per heavy atom. The summed E-state index contributed by atoms with van der Waals surface area (Å²) in [5.74, 6) is -0.190. The van der Waals surface area contributed by atoms with Crippen molar-refractivity contribution in [1.82, 2.24) is 4.90 Å². The number of hydrogen-bond acceptors (Lipinski definition) is 7. The predicted molar refractivity (Wildman–Crippen MR) is 117 cm³/mol. The zero-order valence-electron chi connectivity index (χ0n) is 17.3. The van der Waals surface area contributed by atoms with Crippen molar-refractivity contribution in [3.05, 3.63) is 81.2 Å². The number of carbonyl (C=O) groups excluding carboxylic acids is 2. The van der Waals surface area contributed by atoms with Crippen LogP contribution < -0.4 is 5.63 Å². The molecule has 0 aliphatic carbocycles. The number of nitrogens with zero attached hydrogens (tertiary/aromatic N) is 3. The summed E-state index contributed by atoms with van der Waals surface area (Å²) in [4.78, 5) is 43.7. The molecule has 1 aliphatic rings. The Bertz CT molecular complexity index is 1340. The second kappa shape index (κ2) is 8.86. The van der Waals surface area contributed by atoms with E-state index in [1.165, 1.54) is 17.0 Å². The molecule has 0 atom stereocenters. The average Bonchev–Trinajstić information content (AvgIpc) is 3.34. The predicted octanol–water partition coefficient (Wildman–Crippen LogP) is 3.79. The normalized spacial score (nSPS) is 13.8. The first kappa shape index (κ1) is 21.0. The molecule has 8 nitrogen and oxygen atoms in total. The van der Waals surface area contributed by atoms with E-state index in [1.54, 1.807) is 30.3 Å². The van der Waals surface area contributed by atoms with Crippen molar-refractivity contribution in [3.63, 3.8) is 0 Å². The fraction of sp³-hybridized carbons (Fsp3) is 0.208. The lowest BCUT2D eigenvalue weighted by Gasteiger charge is -2.11. The first-order valence-corrected chi connectivity index (χ1v) is 10.1. The maximum absolute atomic E-state index is 12.8. The lowest BCUT2D eigenvalue weighted by Crippen LogP contribution is -2.27. The minimum Gasteiger partial charge on any atom is -0.422 e. The Morgan fingerprint density at radius 1 is 1.09 bits per heavy atom. The van der Waals surface area contributed by atoms with Crippen molar-refractivity contribution in [2.24, 2.45) is 5.16 Å². The summed E-state index contributed by atoms with van der Waals surface area (Å²) in [7, 11) is 0. The number of oxime groups is 1. The maximum atomic E-state index is 12.8. The number of nitriles is 1. The van der Waals surface area contributed by atoms with Gasteiger partial charge in [0, 0.05) is 29.6 Å². The standard InChI is InChI=1S/C24H19N3O5/c1-15-6-2-3-7-18(15)22(28)17-9-8-16-12-19(23(29)31-21(16)13-17)20(14-25)26-32-24(30)27-10-4-5-11-27/h2-3,6-9,12-13H,4-5,10-11H2,1H3/b26-20+. The average molecular weight is 429 g/mol. The Balaban J connectivity index is 1.64. The fourth-order valence-electron chi connectivity index (χ4n) is 3.57. The van der Waals surface area contributed by atoms with Crippen molar-refractivity contribution in [2.75, 3.05) is 13.1 Å². The fourth-order valence-corrected chi connectivity index (χ4v) is 3.57. The van der Waals surface area contributed by atoms with Gasteiger partial charge in [0.15, 0.2) is 11.5 Å². The Morgan fingerprint density at radius 3 is 2.56 bits per heavy atom. The number of aryl methyl sites for hydroxylation is 1. The topological polar surface area (TPSA) is 113 Å². The van der Waals surface area contributed by atoms with Crippen LogP contribution in [0.1, 0.15) is 39.9 Å². The monoisotopic (exact) mass is 429 g/mol. The van der Waals surface area contributed by atoms with Crippen molar-refractivity contribution in [2.45, 2.75) is 19.8 Å². The van der Waals surface area contributed by atoms with E-state index < -0.39 is 11.7 Å². The number of amides is 1. The summed E-state index contributed by atoms with van der Waals surface area (Å²) >= 11 is 0. The van der Waals surface area contributed by atoms with Crippen molar-refractivity contribution in [1.29, 1.82) is 5.26 Å². The molecular formula is C24H19N3O5. The molecule has 4 rings (SSSR count). The molecular weight excluding hydrogens is 410 g/mol. The van der Waals surface area contributed by atoms with Gasteiger partial charge in [-0.1, -0.05) is 41.6 Å². The summed E-state index contributed by atoms with van der Waals surface area (Å²) < 4.78 is 5.35. The number of ketones is 1. The molecule has 8 heteroatoms. The van der Waals surface area contributed by atoms with Crippen LogP contribution >= 0.6 is 0 Å². The van der Waals surface area contributed by atoms with Gasteiger partial charge in [-0.15, -0.1) is 0 Å². The van der Waals surface area contributed by atoms with E-state index in [1.807, 2.05) is 19.1 Å². The number of hydrogen-bond donors (Lipinski definition) is 0. The highest BCUT2D eigenvalue weighted by molar-refractivity contribution is 6.13. The molecule has 0 radical (unpaired) electrons. The van der Waals surface area contributed by atoms with Crippen molar-refractivity contribution >= 4 is 28.6 Å². The number of rotatable bonds is 4. The summed E-state index contributed by atoms with van der Waals surface area (Å²) in [6.45, 7) is 2.98.